The molecular formula is C32H53N5O10. The normalized spacial score (nSPS) is 13.0. The Kier molecular flexibility index (Phi) is 23.9. The molecule has 4 amide bonds. The van der Waals surface area contributed by atoms with Crippen molar-refractivity contribution in [3.05, 3.63) is 0 Å². The maximum absolute atomic E-state index is 13.0. The third-order valence-electron chi connectivity index (χ3n) is 6.76. The van der Waals surface area contributed by atoms with Crippen LogP contribution in [-0.4, -0.2) is 96.6 Å². The third-order valence-corrected chi connectivity index (χ3v) is 6.76. The summed E-state index contributed by atoms with van der Waals surface area (Å²) < 4.78 is 0. The number of nitrogens with one attached hydrogen (secondary N) is 5. The van der Waals surface area contributed by atoms with Crippen molar-refractivity contribution in [3.63, 3.8) is 0 Å². The van der Waals surface area contributed by atoms with E-state index in [4.69, 9.17) is 4.79 Å². The van der Waals surface area contributed by atoms with Gasteiger partial charge in [0.15, 0.2) is 0 Å². The minimum atomic E-state index is -0.931. The summed E-state index contributed by atoms with van der Waals surface area (Å²) in [5.74, 6) is -3.39. The first-order chi connectivity index (χ1) is 21.9. The molecule has 47 heavy (non-hydrogen) atoms. The fourth-order valence-corrected chi connectivity index (χ4v) is 4.92. The molecule has 0 bridgehead atoms. The van der Waals surface area contributed by atoms with Crippen LogP contribution in [0.1, 0.15) is 106 Å². The van der Waals surface area contributed by atoms with Gasteiger partial charge in [0.25, 0.3) is 0 Å². The van der Waals surface area contributed by atoms with Gasteiger partial charge in [-0.25, -0.2) is 0 Å². The molecule has 266 valence electrons. The van der Waals surface area contributed by atoms with Gasteiger partial charge in [-0.05, 0) is 48.1 Å². The lowest BCUT2D eigenvalue weighted by molar-refractivity contribution is -0.127. The Labute approximate surface area is 276 Å². The highest BCUT2D eigenvalue weighted by Gasteiger charge is 2.26. The molecule has 0 saturated heterocycles. The van der Waals surface area contributed by atoms with Gasteiger partial charge in [-0.2, -0.15) is 0 Å². The van der Waals surface area contributed by atoms with Crippen LogP contribution in [0.3, 0.4) is 0 Å². The summed E-state index contributed by atoms with van der Waals surface area (Å²) in [7, 11) is 1.73. The SMILES string of the molecule is C=O.CCC(CC(=O)NC(CC(C)=O)CC(=O)NC(CC(C)=O)CC(=O)NC(CC(C)=O)CC(=O)NC(CC(C)=O)CC(C)=O)NC. The van der Waals surface area contributed by atoms with Gasteiger partial charge >= 0.3 is 0 Å². The summed E-state index contributed by atoms with van der Waals surface area (Å²) in [4.78, 5) is 118. The van der Waals surface area contributed by atoms with E-state index in [2.05, 4.69) is 26.6 Å². The summed E-state index contributed by atoms with van der Waals surface area (Å²) in [5, 5.41) is 13.6. The van der Waals surface area contributed by atoms with E-state index in [1.54, 1.807) is 7.05 Å². The molecular weight excluding hydrogens is 614 g/mol. The van der Waals surface area contributed by atoms with Crippen molar-refractivity contribution in [2.24, 2.45) is 0 Å². The van der Waals surface area contributed by atoms with Gasteiger partial charge in [-0.1, -0.05) is 6.92 Å². The fourth-order valence-electron chi connectivity index (χ4n) is 4.92. The van der Waals surface area contributed by atoms with Crippen molar-refractivity contribution >= 4 is 59.3 Å². The molecule has 0 aliphatic carbocycles. The van der Waals surface area contributed by atoms with E-state index < -0.39 is 41.9 Å². The molecule has 4 unspecified atom stereocenters. The van der Waals surface area contributed by atoms with Crippen LogP contribution >= 0.6 is 0 Å². The molecule has 0 rings (SSSR count). The summed E-state index contributed by atoms with van der Waals surface area (Å²) >= 11 is 0. The molecule has 0 spiro atoms. The van der Waals surface area contributed by atoms with Crippen molar-refractivity contribution < 1.29 is 47.9 Å². The Morgan fingerprint density at radius 2 is 0.596 bits per heavy atom. The maximum Gasteiger partial charge on any atom is 0.222 e. The van der Waals surface area contributed by atoms with E-state index in [-0.39, 0.29) is 98.7 Å². The monoisotopic (exact) mass is 667 g/mol. The van der Waals surface area contributed by atoms with Gasteiger partial charge in [0.05, 0.1) is 0 Å². The van der Waals surface area contributed by atoms with Gasteiger partial charge in [0.1, 0.15) is 35.7 Å². The molecule has 0 aromatic heterocycles. The summed E-state index contributed by atoms with van der Waals surface area (Å²) in [5.41, 5.74) is 0. The van der Waals surface area contributed by atoms with Crippen molar-refractivity contribution in [2.75, 3.05) is 7.05 Å². The van der Waals surface area contributed by atoms with Crippen LogP contribution in [0.4, 0.5) is 0 Å². The Bertz CT molecular complexity index is 1090. The topological polar surface area (TPSA) is 231 Å². The van der Waals surface area contributed by atoms with Gasteiger partial charge in [-0.3, -0.25) is 43.2 Å². The lowest BCUT2D eigenvalue weighted by Gasteiger charge is -2.23. The minimum absolute atomic E-state index is 0.0480. The van der Waals surface area contributed by atoms with Gasteiger partial charge in [0, 0.05) is 88.0 Å². The average molecular weight is 668 g/mol. The predicted octanol–water partition coefficient (Wildman–Crippen LogP) is 0.195. The standard InChI is InChI=1S/C31H51N5O9.CH2O/c1-8-23(32-7)14-28(42)34-25(11-20(4)39)16-30(44)36-27(13-22(6)41)17-31(45)35-26(12-21(5)40)15-29(43)33-24(9-18(2)37)10-19(3)38;1-2/h23-27,32H,8-17H2,1-7H3,(H,33,43)(H,34,42)(H,35,45)(H,36,44);1H2. The third kappa shape index (κ3) is 24.7. The molecule has 15 nitrogen and oxygen atoms in total. The lowest BCUT2D eigenvalue weighted by Crippen LogP contribution is -2.47. The van der Waals surface area contributed by atoms with E-state index in [0.717, 1.165) is 0 Å². The summed E-state index contributed by atoms with van der Waals surface area (Å²) in [6.45, 7) is 10.5. The average Bonchev–Trinajstić information content (AvgIpc) is 2.90. The minimum Gasteiger partial charge on any atom is -0.352 e. The maximum atomic E-state index is 13.0. The van der Waals surface area contributed by atoms with Gasteiger partial charge in [-0.15, -0.1) is 0 Å². The molecule has 4 atom stereocenters. The van der Waals surface area contributed by atoms with Crippen LogP contribution in [0.2, 0.25) is 0 Å². The number of rotatable bonds is 24. The van der Waals surface area contributed by atoms with E-state index in [9.17, 15) is 43.2 Å². The number of amides is 4. The second-order valence-corrected chi connectivity index (χ2v) is 11.8. The van der Waals surface area contributed by atoms with E-state index >= 15 is 0 Å². The quantitative estimate of drug-likeness (QED) is 0.0933. The number of carbonyl (C=O) groups is 10. The number of hydrogen-bond donors (Lipinski definition) is 5. The molecule has 0 aromatic carbocycles. The molecule has 0 fully saturated rings. The first-order valence-corrected chi connectivity index (χ1v) is 15.5. The molecule has 0 aliphatic rings. The van der Waals surface area contributed by atoms with E-state index in [1.807, 2.05) is 13.7 Å². The van der Waals surface area contributed by atoms with E-state index in [1.165, 1.54) is 34.6 Å². The largest absolute Gasteiger partial charge is 0.352 e. The molecule has 0 aromatic rings. The molecule has 0 saturated carbocycles. The van der Waals surface area contributed by atoms with Crippen LogP contribution in [0.5, 0.6) is 0 Å². The zero-order valence-corrected chi connectivity index (χ0v) is 28.7. The lowest BCUT2D eigenvalue weighted by atomic mass is 10.0. The molecule has 0 radical (unpaired) electrons. The molecule has 15 heteroatoms. The Morgan fingerprint density at radius 3 is 0.766 bits per heavy atom. The first kappa shape index (κ1) is 45.0. The van der Waals surface area contributed by atoms with Gasteiger partial charge in [0.2, 0.25) is 23.6 Å². The zero-order valence-electron chi connectivity index (χ0n) is 28.7. The molecule has 0 heterocycles. The molecule has 5 N–H and O–H groups in total. The highest BCUT2D eigenvalue weighted by atomic mass is 16.2. The summed E-state index contributed by atoms with van der Waals surface area (Å²) in [6, 6.07) is -3.43. The van der Waals surface area contributed by atoms with Crippen molar-refractivity contribution in [1.82, 2.24) is 26.6 Å². The number of hydrogen-bond acceptors (Lipinski definition) is 11. The number of ketones is 5. The van der Waals surface area contributed by atoms with Crippen molar-refractivity contribution in [3.8, 4) is 0 Å². The summed E-state index contributed by atoms with van der Waals surface area (Å²) in [6.07, 6.45) is -0.582. The Hall–Kier alpha value is -4.14. The fraction of sp³-hybridized carbons (Fsp3) is 0.688. The highest BCUT2D eigenvalue weighted by Crippen LogP contribution is 2.09. The highest BCUT2D eigenvalue weighted by molar-refractivity contribution is 5.87. The predicted molar refractivity (Wildman–Crippen MR) is 173 cm³/mol. The smallest absolute Gasteiger partial charge is 0.222 e. The van der Waals surface area contributed by atoms with Crippen LogP contribution < -0.4 is 26.6 Å². The number of Topliss-reactive ketones (excluding diaryl/α,β-unsaturated/α-hetero) is 5. The van der Waals surface area contributed by atoms with Crippen LogP contribution in [0, 0.1) is 0 Å². The Balaban J connectivity index is 0. The van der Waals surface area contributed by atoms with Crippen molar-refractivity contribution in [2.45, 2.75) is 136 Å². The molecule has 0 aliphatic heterocycles. The van der Waals surface area contributed by atoms with Crippen molar-refractivity contribution in [1.29, 1.82) is 0 Å². The second-order valence-electron chi connectivity index (χ2n) is 11.8. The van der Waals surface area contributed by atoms with Crippen LogP contribution in [-0.2, 0) is 47.9 Å². The number of carbonyl (C=O) groups excluding carboxylic acids is 10. The zero-order chi connectivity index (χ0) is 36.7. The van der Waals surface area contributed by atoms with Gasteiger partial charge < -0.3 is 31.4 Å². The van der Waals surface area contributed by atoms with E-state index in [0.29, 0.717) is 6.42 Å². The Morgan fingerprint density at radius 1 is 0.404 bits per heavy atom. The second kappa shape index (κ2) is 25.0. The first-order valence-electron chi connectivity index (χ1n) is 15.5. The van der Waals surface area contributed by atoms with Crippen LogP contribution in [0.25, 0.3) is 0 Å². The van der Waals surface area contributed by atoms with Crippen LogP contribution in [0.15, 0.2) is 0 Å².